The Balaban J connectivity index is 3.37. The highest BCUT2D eigenvalue weighted by atomic mass is 32.1. The van der Waals surface area contributed by atoms with E-state index in [1.807, 2.05) is 0 Å². The number of aliphatic hydroxyl groups excluding tert-OH is 1. The molecule has 9 heavy (non-hydrogen) atoms. The average Bonchev–Trinajstić information content (AvgIpc) is 1.82. The van der Waals surface area contributed by atoms with Crippen molar-refractivity contribution in [3.8, 4) is 0 Å². The zero-order valence-electron chi connectivity index (χ0n) is 4.78. The number of aliphatic carboxylic acids is 1. The molecular weight excluding hydrogens is 140 g/mol. The summed E-state index contributed by atoms with van der Waals surface area (Å²) in [7, 11) is 0. The monoisotopic (exact) mass is 148 g/mol. The number of carbonyl (C=O) groups is 1. The van der Waals surface area contributed by atoms with Gasteiger partial charge in [-0.2, -0.15) is 0 Å². The van der Waals surface area contributed by atoms with Crippen LogP contribution >= 0.6 is 12.2 Å². The molecule has 0 rings (SSSR count). The number of carboxylic acids is 1. The molecule has 1 unspecified atom stereocenters. The molecule has 0 heterocycles. The zero-order chi connectivity index (χ0) is 7.28. The minimum atomic E-state index is -1.26. The Hall–Kier alpha value is -0.480. The van der Waals surface area contributed by atoms with Crippen LogP contribution in [0.5, 0.6) is 0 Å². The van der Waals surface area contributed by atoms with Crippen LogP contribution in [0.15, 0.2) is 0 Å². The van der Waals surface area contributed by atoms with Crippen LogP contribution in [0.2, 0.25) is 0 Å². The predicted octanol–water partition coefficient (Wildman–Crippen LogP) is 0.212. The van der Waals surface area contributed by atoms with Crippen molar-refractivity contribution in [3.63, 3.8) is 0 Å². The van der Waals surface area contributed by atoms with Crippen LogP contribution in [0.1, 0.15) is 12.8 Å². The highest BCUT2D eigenvalue weighted by Gasteiger charge is 2.10. The first-order valence-corrected chi connectivity index (χ1v) is 3.00. The van der Waals surface area contributed by atoms with Gasteiger partial charge in [-0.25, -0.2) is 4.79 Å². The van der Waals surface area contributed by atoms with Crippen molar-refractivity contribution in [2.45, 2.75) is 18.9 Å². The SMILES string of the molecule is O=C(O)C(O)CCC=S. The minimum absolute atomic E-state index is 0.207. The number of rotatable bonds is 4. The molecule has 0 aromatic heterocycles. The molecule has 2 N–H and O–H groups in total. The zero-order valence-corrected chi connectivity index (χ0v) is 5.60. The van der Waals surface area contributed by atoms with Crippen molar-refractivity contribution in [2.75, 3.05) is 0 Å². The van der Waals surface area contributed by atoms with Crippen LogP contribution in [0.3, 0.4) is 0 Å². The smallest absolute Gasteiger partial charge is 0.332 e. The molecule has 0 saturated carbocycles. The standard InChI is InChI=1S/C5H8O3S/c6-4(5(7)8)2-1-3-9/h3-4,6H,1-2H2,(H,7,8). The molecule has 52 valence electrons. The van der Waals surface area contributed by atoms with Crippen molar-refractivity contribution in [1.29, 1.82) is 0 Å². The molecule has 0 aromatic carbocycles. The third-order valence-electron chi connectivity index (χ3n) is 0.843. The molecule has 0 radical (unpaired) electrons. The van der Waals surface area contributed by atoms with Gasteiger partial charge in [-0.1, -0.05) is 12.2 Å². The second-order valence-electron chi connectivity index (χ2n) is 1.60. The normalized spacial score (nSPS) is 12.6. The van der Waals surface area contributed by atoms with E-state index in [9.17, 15) is 4.79 Å². The van der Waals surface area contributed by atoms with Crippen LogP contribution in [0.25, 0.3) is 0 Å². The topological polar surface area (TPSA) is 57.5 Å². The summed E-state index contributed by atoms with van der Waals surface area (Å²) < 4.78 is 0. The largest absolute Gasteiger partial charge is 0.479 e. The molecule has 0 aliphatic rings. The first kappa shape index (κ1) is 8.52. The maximum atomic E-state index is 9.91. The second kappa shape index (κ2) is 4.40. The summed E-state index contributed by atoms with van der Waals surface area (Å²) in [5.41, 5.74) is 0. The molecule has 0 aliphatic carbocycles. The van der Waals surface area contributed by atoms with Gasteiger partial charge in [0.25, 0.3) is 0 Å². The first-order chi connectivity index (χ1) is 4.18. The molecular formula is C5H8O3S. The van der Waals surface area contributed by atoms with E-state index in [1.54, 1.807) is 0 Å². The Bertz CT molecular complexity index is 113. The van der Waals surface area contributed by atoms with Gasteiger partial charge in [-0.3, -0.25) is 0 Å². The van der Waals surface area contributed by atoms with E-state index in [0.717, 1.165) is 0 Å². The average molecular weight is 148 g/mol. The predicted molar refractivity (Wildman–Crippen MR) is 36.5 cm³/mol. The molecule has 0 saturated heterocycles. The van der Waals surface area contributed by atoms with E-state index < -0.39 is 12.1 Å². The van der Waals surface area contributed by atoms with Gasteiger partial charge in [0.15, 0.2) is 6.10 Å². The fourth-order valence-corrected chi connectivity index (χ4v) is 0.485. The van der Waals surface area contributed by atoms with E-state index >= 15 is 0 Å². The summed E-state index contributed by atoms with van der Waals surface area (Å²) >= 11 is 4.43. The quantitative estimate of drug-likeness (QED) is 0.560. The number of carboxylic acid groups (broad SMARTS) is 1. The molecule has 4 heteroatoms. The lowest BCUT2D eigenvalue weighted by atomic mass is 10.2. The molecule has 0 fully saturated rings. The molecule has 0 aliphatic heterocycles. The number of aliphatic hydroxyl groups is 1. The Morgan fingerprint density at radius 3 is 2.67 bits per heavy atom. The van der Waals surface area contributed by atoms with Crippen molar-refractivity contribution >= 4 is 23.6 Å². The second-order valence-corrected chi connectivity index (χ2v) is 1.93. The van der Waals surface area contributed by atoms with Gasteiger partial charge < -0.3 is 10.2 Å². The van der Waals surface area contributed by atoms with Crippen LogP contribution in [0.4, 0.5) is 0 Å². The number of hydrogen-bond donors (Lipinski definition) is 2. The maximum Gasteiger partial charge on any atom is 0.332 e. The van der Waals surface area contributed by atoms with Crippen LogP contribution < -0.4 is 0 Å². The highest BCUT2D eigenvalue weighted by molar-refractivity contribution is 7.78. The summed E-state index contributed by atoms with van der Waals surface area (Å²) in [6, 6.07) is 0. The fourth-order valence-electron chi connectivity index (χ4n) is 0.349. The van der Waals surface area contributed by atoms with Gasteiger partial charge in [-0.05, 0) is 18.2 Å². The summed E-state index contributed by atoms with van der Waals surface area (Å²) in [4.78, 5) is 9.91. The molecule has 0 bridgehead atoms. The summed E-state index contributed by atoms with van der Waals surface area (Å²) in [5, 5.41) is 18.1. The molecule has 0 amide bonds. The van der Waals surface area contributed by atoms with Crippen LogP contribution in [-0.4, -0.2) is 27.7 Å². The molecule has 1 atom stereocenters. The van der Waals surface area contributed by atoms with E-state index in [0.29, 0.717) is 6.42 Å². The van der Waals surface area contributed by atoms with E-state index in [1.165, 1.54) is 5.37 Å². The Morgan fingerprint density at radius 1 is 1.78 bits per heavy atom. The third-order valence-corrected chi connectivity index (χ3v) is 1.08. The maximum absolute atomic E-state index is 9.91. The fraction of sp³-hybridized carbons (Fsp3) is 0.600. The third kappa shape index (κ3) is 4.05. The summed E-state index contributed by atoms with van der Waals surface area (Å²) in [5.74, 6) is -1.19. The lowest BCUT2D eigenvalue weighted by Gasteiger charge is -1.99. The highest BCUT2D eigenvalue weighted by Crippen LogP contribution is 1.93. The van der Waals surface area contributed by atoms with Crippen molar-refractivity contribution in [1.82, 2.24) is 0 Å². The first-order valence-electron chi connectivity index (χ1n) is 2.53. The van der Waals surface area contributed by atoms with Gasteiger partial charge in [0, 0.05) is 0 Å². The van der Waals surface area contributed by atoms with E-state index in [4.69, 9.17) is 10.2 Å². The van der Waals surface area contributed by atoms with Gasteiger partial charge in [0.2, 0.25) is 0 Å². The molecule has 0 aromatic rings. The number of thiocarbonyl (C=S) groups is 1. The lowest BCUT2D eigenvalue weighted by molar-refractivity contribution is -0.146. The summed E-state index contributed by atoms with van der Waals surface area (Å²) in [6.45, 7) is 0. The number of hydrogen-bond acceptors (Lipinski definition) is 3. The minimum Gasteiger partial charge on any atom is -0.479 e. The van der Waals surface area contributed by atoms with Gasteiger partial charge in [-0.15, -0.1) is 0 Å². The van der Waals surface area contributed by atoms with Crippen molar-refractivity contribution < 1.29 is 15.0 Å². The van der Waals surface area contributed by atoms with E-state index in [-0.39, 0.29) is 6.42 Å². The van der Waals surface area contributed by atoms with Crippen LogP contribution in [-0.2, 0) is 4.79 Å². The molecule has 3 nitrogen and oxygen atoms in total. The lowest BCUT2D eigenvalue weighted by Crippen LogP contribution is -2.18. The van der Waals surface area contributed by atoms with Gasteiger partial charge in [0.05, 0.1) is 0 Å². The Morgan fingerprint density at radius 2 is 2.33 bits per heavy atom. The molecule has 0 spiro atoms. The Kier molecular flexibility index (Phi) is 4.17. The van der Waals surface area contributed by atoms with Gasteiger partial charge >= 0.3 is 5.97 Å². The Labute approximate surface area is 58.3 Å². The summed E-state index contributed by atoms with van der Waals surface area (Å²) in [6.07, 6.45) is -0.592. The van der Waals surface area contributed by atoms with Gasteiger partial charge in [0.1, 0.15) is 0 Å². The van der Waals surface area contributed by atoms with Crippen LogP contribution in [0, 0.1) is 0 Å². The van der Waals surface area contributed by atoms with Crippen molar-refractivity contribution in [2.24, 2.45) is 0 Å². The van der Waals surface area contributed by atoms with Crippen molar-refractivity contribution in [3.05, 3.63) is 0 Å². The van der Waals surface area contributed by atoms with E-state index in [2.05, 4.69) is 12.2 Å².